The van der Waals surface area contributed by atoms with Crippen molar-refractivity contribution >= 4 is 23.6 Å². The fourth-order valence-electron chi connectivity index (χ4n) is 3.38. The lowest BCUT2D eigenvalue weighted by molar-refractivity contribution is -0.105. The molecule has 8 nitrogen and oxygen atoms in total. The number of hydrogen-bond donors (Lipinski definition) is 2. The van der Waals surface area contributed by atoms with E-state index in [1.165, 1.54) is 12.1 Å². The molecule has 9 heteroatoms. The molecule has 148 valence electrons. The maximum Gasteiger partial charge on any atom is 0.212 e. The number of allylic oxidation sites excluding steroid dienone is 2. The van der Waals surface area contributed by atoms with Crippen molar-refractivity contribution in [3.05, 3.63) is 73.1 Å². The molecule has 5 rings (SSSR count). The fraction of sp³-hybridized carbons (Fsp3) is 0.0476. The molecular formula is C21H16FN7O. The van der Waals surface area contributed by atoms with Gasteiger partial charge in [0.2, 0.25) is 6.41 Å². The summed E-state index contributed by atoms with van der Waals surface area (Å²) in [6.45, 7) is 0.628. The molecule has 1 aliphatic rings. The first kappa shape index (κ1) is 17.8. The van der Waals surface area contributed by atoms with Crippen LogP contribution in [-0.2, 0) is 4.79 Å². The van der Waals surface area contributed by atoms with Crippen molar-refractivity contribution in [1.29, 1.82) is 0 Å². The SMILES string of the molecule is O=CNc1cn2nc(-c3c(-c4ccc(F)cc4)ncn3C3=CC=CNC3)ccc2n1. The maximum absolute atomic E-state index is 13.5. The van der Waals surface area contributed by atoms with E-state index in [1.54, 1.807) is 29.2 Å². The molecule has 0 saturated heterocycles. The second-order valence-electron chi connectivity index (χ2n) is 6.63. The minimum atomic E-state index is -0.308. The molecule has 2 N–H and O–H groups in total. The van der Waals surface area contributed by atoms with Crippen LogP contribution in [0.4, 0.5) is 10.2 Å². The number of imidazole rings is 2. The summed E-state index contributed by atoms with van der Waals surface area (Å²) in [6, 6.07) is 9.87. The number of amides is 1. The molecule has 1 aromatic carbocycles. The topological polar surface area (TPSA) is 89.1 Å². The molecule has 30 heavy (non-hydrogen) atoms. The molecule has 0 bridgehead atoms. The second kappa shape index (κ2) is 7.28. The molecule has 0 saturated carbocycles. The lowest BCUT2D eigenvalue weighted by atomic mass is 10.1. The predicted molar refractivity (Wildman–Crippen MR) is 111 cm³/mol. The van der Waals surface area contributed by atoms with E-state index in [4.69, 9.17) is 0 Å². The minimum Gasteiger partial charge on any atom is -0.385 e. The van der Waals surface area contributed by atoms with Gasteiger partial charge in [-0.2, -0.15) is 5.10 Å². The summed E-state index contributed by atoms with van der Waals surface area (Å²) in [7, 11) is 0. The lowest BCUT2D eigenvalue weighted by Gasteiger charge is -2.15. The van der Waals surface area contributed by atoms with Crippen molar-refractivity contribution in [1.82, 2.24) is 29.5 Å². The Labute approximate surface area is 170 Å². The Kier molecular flexibility index (Phi) is 4.32. The highest BCUT2D eigenvalue weighted by Crippen LogP contribution is 2.32. The van der Waals surface area contributed by atoms with Crippen molar-refractivity contribution in [2.75, 3.05) is 11.9 Å². The Bertz CT molecular complexity index is 1300. The lowest BCUT2D eigenvalue weighted by Crippen LogP contribution is -2.16. The number of benzene rings is 1. The third-order valence-electron chi connectivity index (χ3n) is 4.75. The van der Waals surface area contributed by atoms with Crippen LogP contribution in [0, 0.1) is 5.82 Å². The molecule has 1 aliphatic heterocycles. The molecule has 0 atom stereocenters. The van der Waals surface area contributed by atoms with Gasteiger partial charge in [0.25, 0.3) is 0 Å². The highest BCUT2D eigenvalue weighted by atomic mass is 19.1. The highest BCUT2D eigenvalue weighted by Gasteiger charge is 2.19. The molecule has 0 radical (unpaired) electrons. The number of aromatic nitrogens is 5. The molecule has 0 fully saturated rings. The number of nitrogens with one attached hydrogen (secondary N) is 2. The van der Waals surface area contributed by atoms with E-state index in [0.717, 1.165) is 17.0 Å². The van der Waals surface area contributed by atoms with Gasteiger partial charge in [0.15, 0.2) is 11.5 Å². The summed E-state index contributed by atoms with van der Waals surface area (Å²) in [5.41, 5.74) is 4.48. The van der Waals surface area contributed by atoms with Crippen LogP contribution in [0.25, 0.3) is 34.0 Å². The first-order valence-electron chi connectivity index (χ1n) is 9.23. The number of halogens is 1. The number of carbonyl (C=O) groups is 1. The van der Waals surface area contributed by atoms with Gasteiger partial charge in [0, 0.05) is 11.3 Å². The largest absolute Gasteiger partial charge is 0.385 e. The van der Waals surface area contributed by atoms with Gasteiger partial charge in [-0.25, -0.2) is 18.9 Å². The smallest absolute Gasteiger partial charge is 0.212 e. The van der Waals surface area contributed by atoms with Gasteiger partial charge >= 0.3 is 0 Å². The normalized spacial score (nSPS) is 13.2. The van der Waals surface area contributed by atoms with Gasteiger partial charge < -0.3 is 10.6 Å². The average Bonchev–Trinajstić information content (AvgIpc) is 3.38. The van der Waals surface area contributed by atoms with Crippen LogP contribution in [0.2, 0.25) is 0 Å². The predicted octanol–water partition coefficient (Wildman–Crippen LogP) is 2.93. The first-order valence-corrected chi connectivity index (χ1v) is 9.23. The molecule has 0 spiro atoms. The standard InChI is InChI=1S/C21H16FN7O/c22-15-5-3-14(4-6-15)20-21(28(12-24-20)16-2-1-9-23-10-16)17-7-8-19-26-18(25-13-30)11-29(19)27-17/h1-9,11-13,23H,10H2,(H,25,30). The first-order chi connectivity index (χ1) is 14.7. The van der Waals surface area contributed by atoms with Crippen molar-refractivity contribution in [3.63, 3.8) is 0 Å². The van der Waals surface area contributed by atoms with Crippen molar-refractivity contribution < 1.29 is 9.18 Å². The van der Waals surface area contributed by atoms with Crippen LogP contribution in [0.1, 0.15) is 0 Å². The number of anilines is 1. The Morgan fingerprint density at radius 3 is 2.80 bits per heavy atom. The van der Waals surface area contributed by atoms with Crippen molar-refractivity contribution in [3.8, 4) is 22.6 Å². The summed E-state index contributed by atoms with van der Waals surface area (Å²) < 4.78 is 17.0. The number of nitrogens with zero attached hydrogens (tertiary/aromatic N) is 5. The zero-order chi connectivity index (χ0) is 20.5. The molecule has 1 amide bonds. The molecule has 3 aromatic heterocycles. The Hall–Kier alpha value is -4.27. The van der Waals surface area contributed by atoms with Gasteiger partial charge in [-0.3, -0.25) is 9.36 Å². The highest BCUT2D eigenvalue weighted by molar-refractivity contribution is 5.80. The van der Waals surface area contributed by atoms with Crippen LogP contribution >= 0.6 is 0 Å². The molecular weight excluding hydrogens is 385 g/mol. The van der Waals surface area contributed by atoms with E-state index in [0.29, 0.717) is 35.8 Å². The molecule has 4 heterocycles. The van der Waals surface area contributed by atoms with Gasteiger partial charge in [-0.1, -0.05) is 0 Å². The van der Waals surface area contributed by atoms with Crippen LogP contribution in [0.3, 0.4) is 0 Å². The minimum absolute atomic E-state index is 0.308. The Balaban J connectivity index is 1.70. The van der Waals surface area contributed by atoms with Crippen LogP contribution in [0.15, 0.2) is 67.3 Å². The maximum atomic E-state index is 13.5. The average molecular weight is 401 g/mol. The monoisotopic (exact) mass is 401 g/mol. The van der Waals surface area contributed by atoms with E-state index in [9.17, 15) is 9.18 Å². The van der Waals surface area contributed by atoms with Gasteiger partial charge in [-0.05, 0) is 54.8 Å². The van der Waals surface area contributed by atoms with Crippen LogP contribution < -0.4 is 10.6 Å². The summed E-state index contributed by atoms with van der Waals surface area (Å²) in [6.07, 6.45) is 9.73. The van der Waals surface area contributed by atoms with Gasteiger partial charge in [0.05, 0.1) is 18.4 Å². The van der Waals surface area contributed by atoms with Crippen molar-refractivity contribution in [2.24, 2.45) is 0 Å². The third-order valence-corrected chi connectivity index (χ3v) is 4.75. The van der Waals surface area contributed by atoms with Crippen molar-refractivity contribution in [2.45, 2.75) is 0 Å². The van der Waals surface area contributed by atoms with Gasteiger partial charge in [0.1, 0.15) is 23.5 Å². The van der Waals surface area contributed by atoms with Crippen LogP contribution in [-0.4, -0.2) is 37.1 Å². The van der Waals surface area contributed by atoms with Crippen LogP contribution in [0.5, 0.6) is 0 Å². The number of fused-ring (bicyclic) bond motifs is 1. The van der Waals surface area contributed by atoms with E-state index in [2.05, 4.69) is 25.7 Å². The summed E-state index contributed by atoms with van der Waals surface area (Å²) >= 11 is 0. The number of carbonyl (C=O) groups excluding carboxylic acids is 1. The summed E-state index contributed by atoms with van der Waals surface area (Å²) in [4.78, 5) is 19.6. The zero-order valence-electron chi connectivity index (χ0n) is 15.7. The Morgan fingerprint density at radius 1 is 1.17 bits per heavy atom. The molecule has 0 unspecified atom stereocenters. The quantitative estimate of drug-likeness (QED) is 0.502. The van der Waals surface area contributed by atoms with E-state index < -0.39 is 0 Å². The zero-order valence-corrected chi connectivity index (χ0v) is 15.7. The number of dihydropyridines is 1. The molecule has 4 aromatic rings. The Morgan fingerprint density at radius 2 is 2.03 bits per heavy atom. The fourth-order valence-corrected chi connectivity index (χ4v) is 3.38. The van der Waals surface area contributed by atoms with E-state index in [1.807, 2.05) is 35.1 Å². The van der Waals surface area contributed by atoms with E-state index >= 15 is 0 Å². The molecule has 0 aliphatic carbocycles. The number of hydrogen-bond acceptors (Lipinski definition) is 5. The second-order valence-corrected chi connectivity index (χ2v) is 6.63. The summed E-state index contributed by atoms with van der Waals surface area (Å²) in [5, 5.41) is 10.4. The summed E-state index contributed by atoms with van der Waals surface area (Å²) in [5.74, 6) is 0.100. The van der Waals surface area contributed by atoms with E-state index in [-0.39, 0.29) is 5.82 Å². The van der Waals surface area contributed by atoms with Gasteiger partial charge in [-0.15, -0.1) is 0 Å². The number of rotatable bonds is 5. The third kappa shape index (κ3) is 3.12.